The molecule has 0 radical (unpaired) electrons. The van der Waals surface area contributed by atoms with Crippen molar-refractivity contribution in [2.75, 3.05) is 43.7 Å². The zero-order valence-electron chi connectivity index (χ0n) is 29.5. The lowest BCUT2D eigenvalue weighted by Gasteiger charge is -2.39. The quantitative estimate of drug-likeness (QED) is 0.158. The lowest BCUT2D eigenvalue weighted by Crippen LogP contribution is -2.40. The van der Waals surface area contributed by atoms with Gasteiger partial charge in [0.15, 0.2) is 23.0 Å². The number of phenolic OH excluding ortho intramolecular Hbond substituents is 2. The van der Waals surface area contributed by atoms with Gasteiger partial charge in [-0.3, -0.25) is 19.3 Å². The lowest BCUT2D eigenvalue weighted by molar-refractivity contribution is 0.0811. The van der Waals surface area contributed by atoms with Crippen molar-refractivity contribution in [1.82, 2.24) is 19.9 Å². The molecule has 1 spiro atoms. The molecule has 2 aromatic carbocycles. The average molecular weight is 730 g/mol. The van der Waals surface area contributed by atoms with Crippen LogP contribution in [0.2, 0.25) is 0 Å². The Morgan fingerprint density at radius 3 is 2.06 bits per heavy atom. The minimum Gasteiger partial charge on any atom is -0.503 e. The molecule has 3 fully saturated rings. The Labute approximate surface area is 306 Å². The Bertz CT molecular complexity index is 2680. The Morgan fingerprint density at radius 2 is 1.46 bits per heavy atom. The van der Waals surface area contributed by atoms with Gasteiger partial charge in [-0.1, -0.05) is 0 Å². The molecule has 2 saturated carbocycles. The molecule has 274 valence electrons. The van der Waals surface area contributed by atoms with Gasteiger partial charge in [-0.05, 0) is 72.4 Å². The highest BCUT2D eigenvalue weighted by Crippen LogP contribution is 2.79. The van der Waals surface area contributed by atoms with Gasteiger partial charge >= 0.3 is 6.03 Å². The lowest BCUT2D eigenvalue weighted by atomic mass is 9.62. The molecule has 1 saturated heterocycles. The van der Waals surface area contributed by atoms with Crippen molar-refractivity contribution in [3.63, 3.8) is 0 Å². The summed E-state index contributed by atoms with van der Waals surface area (Å²) < 4.78 is 11.2. The van der Waals surface area contributed by atoms with E-state index in [-0.39, 0.29) is 82.1 Å². The molecule has 6 heterocycles. The third kappa shape index (κ3) is 3.48. The first-order valence-corrected chi connectivity index (χ1v) is 18.0. The van der Waals surface area contributed by atoms with Crippen LogP contribution < -0.4 is 25.0 Å². The number of primary amides is 1. The number of aromatic hydroxyl groups is 2. The summed E-state index contributed by atoms with van der Waals surface area (Å²) in [7, 11) is 2.80. The van der Waals surface area contributed by atoms with Crippen LogP contribution >= 0.6 is 0 Å². The van der Waals surface area contributed by atoms with E-state index in [2.05, 4.69) is 15.0 Å². The van der Waals surface area contributed by atoms with Gasteiger partial charge < -0.3 is 50.2 Å². The molecule has 5 aromatic rings. The van der Waals surface area contributed by atoms with Gasteiger partial charge in [0, 0.05) is 59.7 Å². The molecule has 7 N–H and O–H groups in total. The second-order valence-electron chi connectivity index (χ2n) is 15.4. The number of nitrogens with zero attached hydrogens (tertiary/aromatic N) is 3. The molecule has 3 aromatic heterocycles. The number of aryl methyl sites for hydroxylation is 1. The van der Waals surface area contributed by atoms with Crippen LogP contribution in [-0.2, 0) is 18.3 Å². The summed E-state index contributed by atoms with van der Waals surface area (Å²) in [6.07, 6.45) is 5.37. The van der Waals surface area contributed by atoms with E-state index in [1.165, 1.54) is 24.0 Å². The predicted molar refractivity (Wildman–Crippen MR) is 195 cm³/mol. The Balaban J connectivity index is 0.966. The number of nitrogens with two attached hydrogens (primary N) is 1. The van der Waals surface area contributed by atoms with E-state index in [9.17, 15) is 29.4 Å². The molecule has 0 bridgehead atoms. The first kappa shape index (κ1) is 31.2. The van der Waals surface area contributed by atoms with Gasteiger partial charge in [0.1, 0.15) is 11.4 Å². The number of H-pyrrole nitrogens is 3. The maximum absolute atomic E-state index is 14.4. The molecule has 4 amide bonds. The van der Waals surface area contributed by atoms with E-state index in [4.69, 9.17) is 15.2 Å². The number of urea groups is 1. The van der Waals surface area contributed by atoms with Gasteiger partial charge in [-0.25, -0.2) is 4.79 Å². The number of phenols is 2. The number of rotatable bonds is 4. The summed E-state index contributed by atoms with van der Waals surface area (Å²) in [5, 5.41) is 24.0. The van der Waals surface area contributed by atoms with Crippen molar-refractivity contribution < 1.29 is 38.9 Å². The summed E-state index contributed by atoms with van der Waals surface area (Å²) in [4.78, 5) is 68.3. The van der Waals surface area contributed by atoms with Crippen LogP contribution in [0.4, 0.5) is 16.2 Å². The van der Waals surface area contributed by atoms with Gasteiger partial charge in [-0.2, -0.15) is 0 Å². The highest BCUT2D eigenvalue weighted by atomic mass is 16.5. The molecule has 3 aliphatic carbocycles. The first-order valence-electron chi connectivity index (χ1n) is 18.0. The molecule has 15 nitrogen and oxygen atoms in total. The van der Waals surface area contributed by atoms with Crippen LogP contribution in [0, 0.1) is 24.7 Å². The number of methoxy groups -OCH3 is 2. The minimum atomic E-state index is -0.712. The average Bonchev–Trinajstić information content (AvgIpc) is 3.89. The van der Waals surface area contributed by atoms with Crippen molar-refractivity contribution in [2.24, 2.45) is 23.5 Å². The van der Waals surface area contributed by atoms with Crippen LogP contribution in [0.25, 0.3) is 21.8 Å². The van der Waals surface area contributed by atoms with Crippen molar-refractivity contribution in [1.29, 1.82) is 0 Å². The molecule has 6 aliphatic rings. The highest BCUT2D eigenvalue weighted by Gasteiger charge is 2.79. The largest absolute Gasteiger partial charge is 0.503 e. The topological polar surface area (TPSA) is 210 Å². The number of nitrogens with one attached hydrogen (secondary N) is 3. The maximum Gasteiger partial charge on any atom is 0.319 e. The number of benzene rings is 2. The number of carbonyl (C=O) groups excluding carboxylic acids is 4. The minimum absolute atomic E-state index is 0.0692. The van der Waals surface area contributed by atoms with E-state index in [0.717, 1.165) is 23.2 Å². The van der Waals surface area contributed by atoms with E-state index in [0.29, 0.717) is 69.6 Å². The molecular formula is C39H35N7O8. The second kappa shape index (κ2) is 9.98. The van der Waals surface area contributed by atoms with E-state index in [1.54, 1.807) is 23.1 Å². The normalized spacial score (nSPS) is 24.1. The van der Waals surface area contributed by atoms with Crippen molar-refractivity contribution in [3.8, 4) is 23.0 Å². The van der Waals surface area contributed by atoms with Crippen LogP contribution in [0.1, 0.15) is 60.1 Å². The number of ketones is 1. The maximum atomic E-state index is 14.4. The third-order valence-electron chi connectivity index (χ3n) is 13.2. The fourth-order valence-electron chi connectivity index (χ4n) is 11.1. The number of hydrogen-bond donors (Lipinski definition) is 6. The zero-order chi connectivity index (χ0) is 37.3. The number of likely N-dealkylation sites (tertiary alicyclic amines) is 1. The summed E-state index contributed by atoms with van der Waals surface area (Å²) in [6, 6.07) is 2.69. The van der Waals surface area contributed by atoms with E-state index < -0.39 is 11.9 Å². The first-order chi connectivity index (χ1) is 26.0. The number of anilines is 2. The standard InChI is InChI=1S/C39H35N7O8/c1-14-12-41-29-24(47)10-23-26-19(20-11-39(20,26)25(14)29)13-46(23)37(51)22-9-17-15-4-6-44(30(15)32(48)34(53-2)27(17)43-22)36(50)21-8-18-16-5-7-45(38(40)52)31(16)33(49)35(54-3)28(18)42-21/h8-10,12,19-20,26,41-43,48-49H,4-7,11,13H2,1-3H3,(H2,40,52)/t19?,20?,26-,39-/m0/s1. The molecule has 11 rings (SSSR count). The third-order valence-corrected chi connectivity index (χ3v) is 13.2. The zero-order valence-corrected chi connectivity index (χ0v) is 29.5. The number of amides is 4. The SMILES string of the molecule is COc1c(O)c2c(c3cc(C(=O)N4CCc5c4c(O)c(OC)c4[nH]c(C(=O)N6CC7C8C[C@@]89c8c(C)c[nH]c8C(=O)C=C6[C@H]79)cc54)[nH]c13)CCN2C(N)=O. The Kier molecular flexibility index (Phi) is 5.76. The number of ether oxygens (including phenoxy) is 2. The Morgan fingerprint density at radius 1 is 0.889 bits per heavy atom. The summed E-state index contributed by atoms with van der Waals surface area (Å²) in [5.41, 5.74) is 12.2. The summed E-state index contributed by atoms with van der Waals surface area (Å²) >= 11 is 0. The molecule has 4 atom stereocenters. The molecule has 3 aliphatic heterocycles. The van der Waals surface area contributed by atoms with Gasteiger partial charge in [0.25, 0.3) is 11.8 Å². The van der Waals surface area contributed by atoms with E-state index in [1.807, 2.05) is 13.1 Å². The van der Waals surface area contributed by atoms with Gasteiger partial charge in [-0.15, -0.1) is 0 Å². The number of aromatic amines is 3. The predicted octanol–water partition coefficient (Wildman–Crippen LogP) is 4.10. The second-order valence-corrected chi connectivity index (χ2v) is 15.4. The van der Waals surface area contributed by atoms with Crippen molar-refractivity contribution >= 4 is 56.8 Å². The number of fused-ring (bicyclic) bond motifs is 8. The van der Waals surface area contributed by atoms with Crippen molar-refractivity contribution in [3.05, 3.63) is 69.4 Å². The van der Waals surface area contributed by atoms with Crippen LogP contribution in [0.3, 0.4) is 0 Å². The highest BCUT2D eigenvalue weighted by molar-refractivity contribution is 6.15. The fourth-order valence-corrected chi connectivity index (χ4v) is 11.1. The molecule has 54 heavy (non-hydrogen) atoms. The van der Waals surface area contributed by atoms with Gasteiger partial charge in [0.05, 0.1) is 42.3 Å². The van der Waals surface area contributed by atoms with Crippen LogP contribution in [-0.4, -0.2) is 87.5 Å². The van der Waals surface area contributed by atoms with Crippen LogP contribution in [0.15, 0.2) is 30.1 Å². The van der Waals surface area contributed by atoms with Gasteiger partial charge in [0.2, 0.25) is 5.78 Å². The molecule has 2 unspecified atom stereocenters. The Hall–Kier alpha value is -6.38. The summed E-state index contributed by atoms with van der Waals surface area (Å²) in [6.45, 7) is 3.07. The number of hydrogen-bond acceptors (Lipinski definition) is 8. The number of allylic oxidation sites excluding steroid dienone is 2. The molecular weight excluding hydrogens is 694 g/mol. The monoisotopic (exact) mass is 729 g/mol. The molecule has 15 heteroatoms. The fraction of sp³-hybridized carbons (Fsp3) is 0.333. The number of aromatic nitrogens is 3. The van der Waals surface area contributed by atoms with Crippen LogP contribution in [0.5, 0.6) is 23.0 Å². The smallest absolute Gasteiger partial charge is 0.319 e. The number of carbonyl (C=O) groups is 4. The van der Waals surface area contributed by atoms with Crippen molar-refractivity contribution in [2.45, 2.75) is 31.6 Å². The summed E-state index contributed by atoms with van der Waals surface area (Å²) in [5.74, 6) is -0.338. The van der Waals surface area contributed by atoms with E-state index >= 15 is 0 Å².